The second-order valence-corrected chi connectivity index (χ2v) is 18.1. The van der Waals surface area contributed by atoms with Crippen molar-refractivity contribution in [2.75, 3.05) is 23.6 Å². The maximum atomic E-state index is 14.5. The Morgan fingerprint density at radius 3 is 2.40 bits per heavy atom. The van der Waals surface area contributed by atoms with E-state index >= 15 is 0 Å². The fraction of sp³-hybridized carbons (Fsp3) is 0.514. The third kappa shape index (κ3) is 8.85. The lowest BCUT2D eigenvalue weighted by molar-refractivity contribution is -0.193. The molecule has 286 valence electrons. The topological polar surface area (TPSA) is 140 Å². The van der Waals surface area contributed by atoms with Gasteiger partial charge in [0.25, 0.3) is 15.9 Å². The van der Waals surface area contributed by atoms with Gasteiger partial charge in [0.05, 0.1) is 22.0 Å². The number of alkyl carbamates (subject to hydrolysis) is 1. The predicted molar refractivity (Wildman–Crippen MR) is 195 cm³/mol. The highest BCUT2D eigenvalue weighted by atomic mass is 32.2. The summed E-state index contributed by atoms with van der Waals surface area (Å²) in [4.78, 5) is 36.6. The standard InChI is InChI=1S/C37H44F3N5O6S2/c1-22-8-6-9-23(2)31(22)29-19-30-43-33(42-29)44-53(48,49)28-11-7-10-24(16-28)32(46)45(26(21-50-30)20-36(12-13-36)37(38,39)40)25-17-27(18-25)52-15-14-41-34(47)51-35(3,4)5/h6-11,16,19,25-27H,12-15,17-18,20-21H2,1-5H3,(H,41,47)(H,42,43,44)/t25?,26-,27?/m1/s1. The number of rotatable bonds is 8. The van der Waals surface area contributed by atoms with E-state index in [1.807, 2.05) is 32.0 Å². The Bertz CT molecular complexity index is 1960. The number of halogens is 3. The zero-order valence-corrected chi connectivity index (χ0v) is 31.9. The van der Waals surface area contributed by atoms with E-state index in [1.54, 1.807) is 32.5 Å². The van der Waals surface area contributed by atoms with Gasteiger partial charge in [-0.3, -0.25) is 4.79 Å². The van der Waals surface area contributed by atoms with Crippen LogP contribution < -0.4 is 14.8 Å². The number of anilines is 1. The molecule has 2 fully saturated rings. The predicted octanol–water partition coefficient (Wildman–Crippen LogP) is 7.29. The number of hydrogen-bond donors (Lipinski definition) is 2. The summed E-state index contributed by atoms with van der Waals surface area (Å²) in [6.45, 7) is 9.13. The molecule has 3 aliphatic rings. The summed E-state index contributed by atoms with van der Waals surface area (Å²) in [5, 5.41) is 2.80. The molecule has 0 spiro atoms. The van der Waals surface area contributed by atoms with E-state index in [0.717, 1.165) is 16.7 Å². The number of nitrogens with zero attached hydrogens (tertiary/aromatic N) is 3. The molecule has 0 radical (unpaired) electrons. The van der Waals surface area contributed by atoms with Crippen LogP contribution in [0.1, 0.15) is 74.4 Å². The molecular formula is C37H44F3N5O6S2. The molecule has 0 unspecified atom stereocenters. The number of ether oxygens (including phenoxy) is 2. The summed E-state index contributed by atoms with van der Waals surface area (Å²) in [7, 11) is -4.31. The molecule has 11 nitrogen and oxygen atoms in total. The van der Waals surface area contributed by atoms with Crippen molar-refractivity contribution in [1.29, 1.82) is 0 Å². The molecule has 1 atom stereocenters. The number of thioether (sulfide) groups is 1. The molecule has 3 aromatic rings. The lowest BCUT2D eigenvalue weighted by atomic mass is 9.86. The van der Waals surface area contributed by atoms with E-state index in [-0.39, 0.29) is 53.4 Å². The molecule has 2 saturated carbocycles. The summed E-state index contributed by atoms with van der Waals surface area (Å²) in [6, 6.07) is 11.2. The average Bonchev–Trinajstić information content (AvgIpc) is 3.83. The number of sulfonamides is 1. The van der Waals surface area contributed by atoms with Crippen LogP contribution in [0, 0.1) is 19.3 Å². The van der Waals surface area contributed by atoms with Gasteiger partial charge in [-0.05, 0) is 96.0 Å². The Kier molecular flexibility index (Phi) is 10.7. The fourth-order valence-electron chi connectivity index (χ4n) is 6.86. The van der Waals surface area contributed by atoms with E-state index in [4.69, 9.17) is 9.47 Å². The van der Waals surface area contributed by atoms with Crippen molar-refractivity contribution < 1.29 is 40.7 Å². The number of carbonyl (C=O) groups excluding carboxylic acids is 2. The van der Waals surface area contributed by atoms with Crippen molar-refractivity contribution in [2.45, 2.75) is 101 Å². The van der Waals surface area contributed by atoms with Gasteiger partial charge in [-0.25, -0.2) is 22.9 Å². The first kappa shape index (κ1) is 38.7. The molecule has 2 aliphatic carbocycles. The van der Waals surface area contributed by atoms with Gasteiger partial charge in [0.15, 0.2) is 0 Å². The van der Waals surface area contributed by atoms with Crippen molar-refractivity contribution in [2.24, 2.45) is 5.41 Å². The van der Waals surface area contributed by atoms with Crippen LogP contribution in [0.3, 0.4) is 0 Å². The zero-order chi connectivity index (χ0) is 38.3. The molecule has 16 heteroatoms. The van der Waals surface area contributed by atoms with Gasteiger partial charge in [-0.15, -0.1) is 0 Å². The normalized spacial score (nSPS) is 22.2. The van der Waals surface area contributed by atoms with Gasteiger partial charge in [-0.2, -0.15) is 29.9 Å². The van der Waals surface area contributed by atoms with Gasteiger partial charge in [-0.1, -0.05) is 24.3 Å². The third-order valence-corrected chi connectivity index (χ3v) is 12.4. The highest BCUT2D eigenvalue weighted by molar-refractivity contribution is 8.00. The quantitative estimate of drug-likeness (QED) is 0.226. The molecule has 4 bridgehead atoms. The zero-order valence-electron chi connectivity index (χ0n) is 30.2. The first-order valence-corrected chi connectivity index (χ1v) is 20.1. The first-order valence-electron chi connectivity index (χ1n) is 17.5. The van der Waals surface area contributed by atoms with Crippen LogP contribution in [0.15, 0.2) is 53.4 Å². The van der Waals surface area contributed by atoms with Crippen molar-refractivity contribution >= 4 is 39.7 Å². The molecule has 53 heavy (non-hydrogen) atoms. The van der Waals surface area contributed by atoms with Crippen LogP contribution in [-0.4, -0.2) is 83.3 Å². The highest BCUT2D eigenvalue weighted by Gasteiger charge is 2.64. The Balaban J connectivity index is 1.33. The van der Waals surface area contributed by atoms with Crippen LogP contribution in [0.2, 0.25) is 0 Å². The minimum atomic E-state index is -4.49. The summed E-state index contributed by atoms with van der Waals surface area (Å²) >= 11 is 1.59. The van der Waals surface area contributed by atoms with Crippen molar-refractivity contribution in [3.63, 3.8) is 0 Å². The van der Waals surface area contributed by atoms with E-state index in [1.165, 1.54) is 35.2 Å². The number of fused-ring (bicyclic) bond motifs is 4. The molecule has 1 aliphatic heterocycles. The smallest absolute Gasteiger partial charge is 0.407 e. The Labute approximate surface area is 311 Å². The first-order chi connectivity index (χ1) is 24.8. The van der Waals surface area contributed by atoms with Crippen molar-refractivity contribution in [1.82, 2.24) is 20.2 Å². The number of amides is 2. The maximum absolute atomic E-state index is 14.5. The largest absolute Gasteiger partial charge is 0.475 e. The Hall–Kier alpha value is -4.05. The number of benzene rings is 2. The molecule has 2 amide bonds. The van der Waals surface area contributed by atoms with Gasteiger partial charge in [0.1, 0.15) is 12.2 Å². The number of nitrogens with one attached hydrogen (secondary N) is 2. The summed E-state index contributed by atoms with van der Waals surface area (Å²) in [6.07, 6.45) is -4.53. The number of aryl methyl sites for hydroxylation is 2. The summed E-state index contributed by atoms with van der Waals surface area (Å²) in [5.41, 5.74) is 0.251. The molecule has 2 N–H and O–H groups in total. The van der Waals surface area contributed by atoms with Crippen LogP contribution in [0.5, 0.6) is 5.88 Å². The summed E-state index contributed by atoms with van der Waals surface area (Å²) < 4.78 is 84.8. The Morgan fingerprint density at radius 1 is 1.08 bits per heavy atom. The molecule has 1 aromatic heterocycles. The van der Waals surface area contributed by atoms with E-state index in [0.29, 0.717) is 30.8 Å². The molecule has 6 rings (SSSR count). The molecule has 2 aromatic carbocycles. The number of hydrogen-bond acceptors (Lipinski definition) is 9. The Morgan fingerprint density at radius 2 is 1.75 bits per heavy atom. The lowest BCUT2D eigenvalue weighted by Gasteiger charge is -2.47. The maximum Gasteiger partial charge on any atom is 0.407 e. The number of carbonyl (C=O) groups is 2. The van der Waals surface area contributed by atoms with Crippen LogP contribution in [0.25, 0.3) is 11.3 Å². The number of alkyl halides is 3. The number of aromatic nitrogens is 2. The average molecular weight is 776 g/mol. The second-order valence-electron chi connectivity index (χ2n) is 15.0. The fourth-order valence-corrected chi connectivity index (χ4v) is 9.12. The van der Waals surface area contributed by atoms with Crippen LogP contribution in [0.4, 0.5) is 23.9 Å². The van der Waals surface area contributed by atoms with Gasteiger partial charge >= 0.3 is 12.3 Å². The minimum absolute atomic E-state index is 0.0236. The minimum Gasteiger partial charge on any atom is -0.475 e. The third-order valence-electron chi connectivity index (χ3n) is 9.78. The van der Waals surface area contributed by atoms with E-state index < -0.39 is 51.3 Å². The highest BCUT2D eigenvalue weighted by Crippen LogP contribution is 2.61. The molecule has 0 saturated heterocycles. The SMILES string of the molecule is Cc1cccc(C)c1-c1cc2nc(n1)NS(=O)(=O)c1cccc(c1)C(=O)N(C1CC(SCCNC(=O)OC(C)(C)C)C1)[C@H](CC1(C(F)(F)F)CC1)CO2. The summed E-state index contributed by atoms with van der Waals surface area (Å²) in [5.74, 6) is -0.338. The van der Waals surface area contributed by atoms with E-state index in [9.17, 15) is 31.2 Å². The van der Waals surface area contributed by atoms with Crippen molar-refractivity contribution in [3.8, 4) is 17.1 Å². The van der Waals surface area contributed by atoms with Gasteiger partial charge < -0.3 is 19.7 Å². The van der Waals surface area contributed by atoms with Crippen LogP contribution >= 0.6 is 11.8 Å². The van der Waals surface area contributed by atoms with Crippen molar-refractivity contribution in [3.05, 3.63) is 65.2 Å². The van der Waals surface area contributed by atoms with Gasteiger partial charge in [0.2, 0.25) is 11.8 Å². The van der Waals surface area contributed by atoms with E-state index in [2.05, 4.69) is 20.0 Å². The monoisotopic (exact) mass is 775 g/mol. The molecule has 2 heterocycles. The second kappa shape index (κ2) is 14.6. The van der Waals surface area contributed by atoms with Crippen LogP contribution in [-0.2, 0) is 14.8 Å². The molecular weight excluding hydrogens is 732 g/mol. The lowest BCUT2D eigenvalue weighted by Crippen LogP contribution is -2.56. The van der Waals surface area contributed by atoms with Gasteiger partial charge in [0, 0.05) is 40.8 Å².